The molecule has 6 nitrogen and oxygen atoms in total. The number of nitrogens with zero attached hydrogens (tertiary/aromatic N) is 2. The fraction of sp³-hybridized carbons (Fsp3) is 0.385. The molecule has 0 unspecified atom stereocenters. The van der Waals surface area contributed by atoms with Crippen LogP contribution in [0, 0.1) is 5.82 Å². The molecule has 0 spiro atoms. The van der Waals surface area contributed by atoms with Crippen molar-refractivity contribution in [2.75, 3.05) is 26.9 Å². The fourth-order valence-electron chi connectivity index (χ4n) is 1.59. The SMILES string of the molecule is COCCOCCc1noc(-c2c(O)cccc2F)n1. The van der Waals surface area contributed by atoms with Crippen molar-refractivity contribution >= 4 is 0 Å². The molecule has 20 heavy (non-hydrogen) atoms. The van der Waals surface area contributed by atoms with Crippen LogP contribution in [0.1, 0.15) is 5.82 Å². The molecule has 2 aromatic rings. The van der Waals surface area contributed by atoms with Crippen LogP contribution in [-0.2, 0) is 15.9 Å². The lowest BCUT2D eigenvalue weighted by atomic mass is 10.2. The van der Waals surface area contributed by atoms with Crippen LogP contribution < -0.4 is 0 Å². The number of methoxy groups -OCH3 is 1. The number of phenolic OH excluding ortho intramolecular Hbond substituents is 1. The van der Waals surface area contributed by atoms with Gasteiger partial charge in [0.15, 0.2) is 5.82 Å². The molecule has 1 N–H and O–H groups in total. The molecule has 0 saturated carbocycles. The molecule has 0 aliphatic carbocycles. The molecule has 0 amide bonds. The first kappa shape index (κ1) is 14.4. The third-order valence-corrected chi connectivity index (χ3v) is 2.58. The summed E-state index contributed by atoms with van der Waals surface area (Å²) in [6.07, 6.45) is 0.433. The Morgan fingerprint density at radius 1 is 1.30 bits per heavy atom. The van der Waals surface area contributed by atoms with E-state index in [-0.39, 0.29) is 17.2 Å². The summed E-state index contributed by atoms with van der Waals surface area (Å²) in [7, 11) is 1.59. The minimum atomic E-state index is -0.614. The van der Waals surface area contributed by atoms with Crippen LogP contribution in [0.5, 0.6) is 5.75 Å². The van der Waals surface area contributed by atoms with Gasteiger partial charge in [-0.05, 0) is 12.1 Å². The predicted molar refractivity (Wildman–Crippen MR) is 67.8 cm³/mol. The van der Waals surface area contributed by atoms with E-state index in [1.165, 1.54) is 18.2 Å². The molecular weight excluding hydrogens is 267 g/mol. The van der Waals surface area contributed by atoms with Crippen LogP contribution in [0.25, 0.3) is 11.5 Å². The average Bonchev–Trinajstić information content (AvgIpc) is 2.87. The number of hydrogen-bond acceptors (Lipinski definition) is 6. The van der Waals surface area contributed by atoms with E-state index in [9.17, 15) is 9.50 Å². The molecule has 0 aliphatic heterocycles. The third kappa shape index (κ3) is 3.52. The highest BCUT2D eigenvalue weighted by Gasteiger charge is 2.17. The van der Waals surface area contributed by atoms with Crippen LogP contribution in [0.4, 0.5) is 4.39 Å². The van der Waals surface area contributed by atoms with Gasteiger partial charge in [0.25, 0.3) is 5.89 Å². The van der Waals surface area contributed by atoms with Crippen molar-refractivity contribution in [2.24, 2.45) is 0 Å². The number of benzene rings is 1. The molecule has 0 saturated heterocycles. The van der Waals surface area contributed by atoms with Gasteiger partial charge < -0.3 is 19.1 Å². The molecule has 108 valence electrons. The van der Waals surface area contributed by atoms with E-state index >= 15 is 0 Å². The second kappa shape index (κ2) is 6.97. The molecule has 0 fully saturated rings. The zero-order chi connectivity index (χ0) is 14.4. The Labute approximate surface area is 115 Å². The summed E-state index contributed by atoms with van der Waals surface area (Å²) in [6, 6.07) is 3.97. The van der Waals surface area contributed by atoms with Crippen LogP contribution >= 0.6 is 0 Å². The summed E-state index contributed by atoms with van der Waals surface area (Å²) in [5.41, 5.74) is -0.0912. The summed E-state index contributed by atoms with van der Waals surface area (Å²) >= 11 is 0. The van der Waals surface area contributed by atoms with Crippen molar-refractivity contribution in [1.29, 1.82) is 0 Å². The molecule has 2 rings (SSSR count). The van der Waals surface area contributed by atoms with Crippen molar-refractivity contribution in [2.45, 2.75) is 6.42 Å². The number of aromatic hydroxyl groups is 1. The van der Waals surface area contributed by atoms with Crippen molar-refractivity contribution in [3.63, 3.8) is 0 Å². The summed E-state index contributed by atoms with van der Waals surface area (Å²) in [5.74, 6) is -0.513. The van der Waals surface area contributed by atoms with Crippen molar-refractivity contribution in [1.82, 2.24) is 10.1 Å². The van der Waals surface area contributed by atoms with Crippen LogP contribution in [-0.4, -0.2) is 42.2 Å². The summed E-state index contributed by atoms with van der Waals surface area (Å²) in [4.78, 5) is 4.03. The summed E-state index contributed by atoms with van der Waals surface area (Å²) in [5, 5.41) is 13.3. The Balaban J connectivity index is 1.98. The van der Waals surface area contributed by atoms with Gasteiger partial charge in [-0.15, -0.1) is 0 Å². The highest BCUT2D eigenvalue weighted by Crippen LogP contribution is 2.30. The zero-order valence-electron chi connectivity index (χ0n) is 11.0. The number of halogens is 1. The maximum Gasteiger partial charge on any atom is 0.264 e. The molecule has 0 atom stereocenters. The lowest BCUT2D eigenvalue weighted by Crippen LogP contribution is -2.05. The second-order valence-electron chi connectivity index (χ2n) is 4.00. The van der Waals surface area contributed by atoms with E-state index in [1.54, 1.807) is 7.11 Å². The minimum Gasteiger partial charge on any atom is -0.507 e. The van der Waals surface area contributed by atoms with Crippen LogP contribution in [0.15, 0.2) is 22.7 Å². The van der Waals surface area contributed by atoms with Crippen molar-refractivity contribution in [3.8, 4) is 17.2 Å². The Morgan fingerprint density at radius 3 is 2.90 bits per heavy atom. The largest absolute Gasteiger partial charge is 0.507 e. The van der Waals surface area contributed by atoms with Crippen LogP contribution in [0.3, 0.4) is 0 Å². The van der Waals surface area contributed by atoms with Gasteiger partial charge in [-0.2, -0.15) is 4.98 Å². The smallest absolute Gasteiger partial charge is 0.264 e. The molecule has 1 aromatic carbocycles. The maximum atomic E-state index is 13.6. The Hall–Kier alpha value is -1.99. The molecule has 7 heteroatoms. The average molecular weight is 282 g/mol. The number of rotatable bonds is 7. The fourth-order valence-corrected chi connectivity index (χ4v) is 1.59. The number of aromatic nitrogens is 2. The van der Waals surface area contributed by atoms with Crippen molar-refractivity contribution < 1.29 is 23.5 Å². The van der Waals surface area contributed by atoms with Crippen molar-refractivity contribution in [3.05, 3.63) is 29.8 Å². The van der Waals surface area contributed by atoms with Crippen LogP contribution in [0.2, 0.25) is 0 Å². The first-order chi connectivity index (χ1) is 9.72. The molecule has 0 radical (unpaired) electrons. The lowest BCUT2D eigenvalue weighted by Gasteiger charge is -2.00. The summed E-state index contributed by atoms with van der Waals surface area (Å²) < 4.78 is 28.7. The van der Waals surface area contributed by atoms with E-state index in [4.69, 9.17) is 14.0 Å². The number of hydrogen-bond donors (Lipinski definition) is 1. The normalized spacial score (nSPS) is 10.9. The highest BCUT2D eigenvalue weighted by atomic mass is 19.1. The standard InChI is InChI=1S/C13H15FN2O4/c1-18-7-8-19-6-5-11-15-13(20-16-11)12-9(14)3-2-4-10(12)17/h2-4,17H,5-8H2,1H3. The number of ether oxygens (including phenoxy) is 2. The molecule has 1 aromatic heterocycles. The highest BCUT2D eigenvalue weighted by molar-refractivity contribution is 5.62. The van der Waals surface area contributed by atoms with Gasteiger partial charge in [0.05, 0.1) is 19.8 Å². The first-order valence-corrected chi connectivity index (χ1v) is 6.09. The number of phenols is 1. The van der Waals surface area contributed by atoms with Gasteiger partial charge >= 0.3 is 0 Å². The monoisotopic (exact) mass is 282 g/mol. The van der Waals surface area contributed by atoms with Gasteiger partial charge in [0.2, 0.25) is 0 Å². The van der Waals surface area contributed by atoms with E-state index in [2.05, 4.69) is 10.1 Å². The lowest BCUT2D eigenvalue weighted by molar-refractivity contribution is 0.0714. The third-order valence-electron chi connectivity index (χ3n) is 2.58. The second-order valence-corrected chi connectivity index (χ2v) is 4.00. The first-order valence-electron chi connectivity index (χ1n) is 6.09. The van der Waals surface area contributed by atoms with Gasteiger partial charge in [0, 0.05) is 13.5 Å². The Bertz CT molecular complexity index is 539. The maximum absolute atomic E-state index is 13.6. The van der Waals surface area contributed by atoms with Gasteiger partial charge in [-0.25, -0.2) is 4.39 Å². The zero-order valence-corrected chi connectivity index (χ0v) is 11.0. The van der Waals surface area contributed by atoms with Gasteiger partial charge in [0.1, 0.15) is 17.1 Å². The van der Waals surface area contributed by atoms with E-state index in [0.717, 1.165) is 0 Å². The quantitative estimate of drug-likeness (QED) is 0.780. The molecule has 0 bridgehead atoms. The van der Waals surface area contributed by atoms with Gasteiger partial charge in [-0.1, -0.05) is 11.2 Å². The van der Waals surface area contributed by atoms with E-state index < -0.39 is 5.82 Å². The summed E-state index contributed by atoms with van der Waals surface area (Å²) in [6.45, 7) is 1.40. The van der Waals surface area contributed by atoms with E-state index in [0.29, 0.717) is 32.1 Å². The van der Waals surface area contributed by atoms with E-state index in [1.807, 2.05) is 0 Å². The molecular formula is C13H15FN2O4. The van der Waals surface area contributed by atoms with Gasteiger partial charge in [-0.3, -0.25) is 0 Å². The Kier molecular flexibility index (Phi) is 5.03. The molecule has 0 aliphatic rings. The minimum absolute atomic E-state index is 0.0486. The predicted octanol–water partition coefficient (Wildman–Crippen LogP) is 1.79. The topological polar surface area (TPSA) is 77.6 Å². The Morgan fingerprint density at radius 2 is 2.15 bits per heavy atom. The molecule has 1 heterocycles.